The quantitative estimate of drug-likeness (QED) is 0.594. The summed E-state index contributed by atoms with van der Waals surface area (Å²) in [6.07, 6.45) is 5.19. The van der Waals surface area contributed by atoms with Crippen LogP contribution in [-0.2, 0) is 4.74 Å². The lowest BCUT2D eigenvalue weighted by Gasteiger charge is -2.15. The molecule has 0 N–H and O–H groups in total. The first-order valence-corrected chi connectivity index (χ1v) is 4.82. The summed E-state index contributed by atoms with van der Waals surface area (Å²) in [5.74, 6) is 0.827. The zero-order chi connectivity index (χ0) is 8.32. The highest BCUT2D eigenvalue weighted by atomic mass is 16.5. The first kappa shape index (κ1) is 9.05. The molecule has 0 spiro atoms. The van der Waals surface area contributed by atoms with Crippen LogP contribution >= 0.6 is 0 Å². The Bertz CT molecular complexity index is 114. The Morgan fingerprint density at radius 1 is 1.36 bits per heavy atom. The third-order valence-corrected chi connectivity index (χ3v) is 2.44. The van der Waals surface area contributed by atoms with Crippen LogP contribution in [0.25, 0.3) is 0 Å². The molecule has 11 heavy (non-hydrogen) atoms. The number of hydrogen-bond acceptors (Lipinski definition) is 1. The largest absolute Gasteiger partial charge is 0.375 e. The maximum absolute atomic E-state index is 5.69. The van der Waals surface area contributed by atoms with E-state index in [0.717, 1.165) is 12.5 Å². The number of ether oxygens (including phenoxy) is 1. The van der Waals surface area contributed by atoms with Gasteiger partial charge in [-0.25, -0.2) is 0 Å². The van der Waals surface area contributed by atoms with Crippen LogP contribution in [0.2, 0.25) is 0 Å². The van der Waals surface area contributed by atoms with Crippen molar-refractivity contribution in [2.75, 3.05) is 6.61 Å². The summed E-state index contributed by atoms with van der Waals surface area (Å²) < 4.78 is 5.69. The van der Waals surface area contributed by atoms with Crippen molar-refractivity contribution in [3.8, 4) is 0 Å². The van der Waals surface area contributed by atoms with Gasteiger partial charge in [0.25, 0.3) is 0 Å². The lowest BCUT2D eigenvalue weighted by Crippen LogP contribution is -2.14. The van der Waals surface area contributed by atoms with Gasteiger partial charge in [0.2, 0.25) is 0 Å². The van der Waals surface area contributed by atoms with E-state index in [-0.39, 0.29) is 0 Å². The highest BCUT2D eigenvalue weighted by Crippen LogP contribution is 2.44. The van der Waals surface area contributed by atoms with Crippen LogP contribution in [0.15, 0.2) is 0 Å². The highest BCUT2D eigenvalue weighted by Gasteiger charge is 2.42. The minimum Gasteiger partial charge on any atom is -0.375 e. The highest BCUT2D eigenvalue weighted by molar-refractivity contribution is 4.95. The van der Waals surface area contributed by atoms with Gasteiger partial charge in [0, 0.05) is 6.61 Å². The molecule has 1 aliphatic carbocycles. The van der Waals surface area contributed by atoms with E-state index in [2.05, 4.69) is 20.8 Å². The van der Waals surface area contributed by atoms with Gasteiger partial charge in [0.1, 0.15) is 0 Å². The van der Waals surface area contributed by atoms with E-state index in [4.69, 9.17) is 4.74 Å². The van der Waals surface area contributed by atoms with Crippen LogP contribution in [0.3, 0.4) is 0 Å². The zero-order valence-corrected chi connectivity index (χ0v) is 8.02. The smallest absolute Gasteiger partial charge is 0.0684 e. The average Bonchev–Trinajstić information content (AvgIpc) is 2.67. The predicted molar refractivity (Wildman–Crippen MR) is 47.7 cm³/mol. The van der Waals surface area contributed by atoms with Gasteiger partial charge >= 0.3 is 0 Å². The lowest BCUT2D eigenvalue weighted by atomic mass is 10.0. The van der Waals surface area contributed by atoms with Gasteiger partial charge in [-0.3, -0.25) is 0 Å². The molecule has 0 amide bonds. The summed E-state index contributed by atoms with van der Waals surface area (Å²) >= 11 is 0. The monoisotopic (exact) mass is 156 g/mol. The van der Waals surface area contributed by atoms with Gasteiger partial charge in [-0.05, 0) is 38.5 Å². The van der Waals surface area contributed by atoms with Crippen molar-refractivity contribution in [2.24, 2.45) is 5.92 Å². The van der Waals surface area contributed by atoms with Gasteiger partial charge in [-0.1, -0.05) is 13.8 Å². The summed E-state index contributed by atoms with van der Waals surface area (Å²) in [7, 11) is 0. The molecule has 0 radical (unpaired) electrons. The standard InChI is InChI=1S/C10H20O/c1-4-11-10(7-8-10)6-5-9(2)3/h9H,4-8H2,1-3H3. The molecule has 66 valence electrons. The molecule has 0 atom stereocenters. The van der Waals surface area contributed by atoms with Crippen molar-refractivity contribution in [3.63, 3.8) is 0 Å². The minimum absolute atomic E-state index is 0.332. The predicted octanol–water partition coefficient (Wildman–Crippen LogP) is 2.99. The molecule has 0 aliphatic heterocycles. The van der Waals surface area contributed by atoms with E-state index in [1.54, 1.807) is 0 Å². The first-order valence-electron chi connectivity index (χ1n) is 4.82. The van der Waals surface area contributed by atoms with Gasteiger partial charge in [-0.15, -0.1) is 0 Å². The third kappa shape index (κ3) is 2.82. The van der Waals surface area contributed by atoms with E-state index in [1.165, 1.54) is 25.7 Å². The van der Waals surface area contributed by atoms with Crippen molar-refractivity contribution < 1.29 is 4.74 Å². The molecule has 0 aromatic heterocycles. The Balaban J connectivity index is 2.14. The van der Waals surface area contributed by atoms with Crippen LogP contribution in [0.4, 0.5) is 0 Å². The third-order valence-electron chi connectivity index (χ3n) is 2.44. The molecular weight excluding hydrogens is 136 g/mol. The van der Waals surface area contributed by atoms with Crippen LogP contribution < -0.4 is 0 Å². The van der Waals surface area contributed by atoms with Gasteiger partial charge in [0.15, 0.2) is 0 Å². The number of rotatable bonds is 5. The Hall–Kier alpha value is -0.0400. The fraction of sp³-hybridized carbons (Fsp3) is 1.00. The molecule has 1 aliphatic rings. The molecule has 0 aromatic rings. The first-order chi connectivity index (χ1) is 5.18. The van der Waals surface area contributed by atoms with Crippen LogP contribution in [0.1, 0.15) is 46.5 Å². The van der Waals surface area contributed by atoms with Crippen molar-refractivity contribution in [3.05, 3.63) is 0 Å². The molecule has 0 unspecified atom stereocenters. The van der Waals surface area contributed by atoms with Crippen LogP contribution in [-0.4, -0.2) is 12.2 Å². The maximum atomic E-state index is 5.69. The molecular formula is C10H20O. The molecule has 0 heterocycles. The second-order valence-electron chi connectivity index (χ2n) is 4.05. The number of hydrogen-bond donors (Lipinski definition) is 0. The van der Waals surface area contributed by atoms with Crippen molar-refractivity contribution in [1.82, 2.24) is 0 Å². The maximum Gasteiger partial charge on any atom is 0.0684 e. The van der Waals surface area contributed by atoms with Crippen molar-refractivity contribution in [2.45, 2.75) is 52.1 Å². The van der Waals surface area contributed by atoms with Crippen molar-refractivity contribution in [1.29, 1.82) is 0 Å². The molecule has 0 aromatic carbocycles. The summed E-state index contributed by atoms with van der Waals surface area (Å²) in [6, 6.07) is 0. The van der Waals surface area contributed by atoms with E-state index < -0.39 is 0 Å². The zero-order valence-electron chi connectivity index (χ0n) is 8.02. The molecule has 1 rings (SSSR count). The summed E-state index contributed by atoms with van der Waals surface area (Å²) in [4.78, 5) is 0. The molecule has 1 saturated carbocycles. The molecule has 0 saturated heterocycles. The molecule has 0 bridgehead atoms. The fourth-order valence-corrected chi connectivity index (χ4v) is 1.46. The Morgan fingerprint density at radius 2 is 2.00 bits per heavy atom. The topological polar surface area (TPSA) is 9.23 Å². The molecule has 1 fully saturated rings. The van der Waals surface area contributed by atoms with Gasteiger partial charge in [-0.2, -0.15) is 0 Å². The molecule has 1 heteroatoms. The lowest BCUT2D eigenvalue weighted by molar-refractivity contribution is 0.0319. The SMILES string of the molecule is CCOC1(CCC(C)C)CC1. The summed E-state index contributed by atoms with van der Waals surface area (Å²) in [5.41, 5.74) is 0.332. The van der Waals surface area contributed by atoms with E-state index in [9.17, 15) is 0 Å². The second-order valence-corrected chi connectivity index (χ2v) is 4.05. The Morgan fingerprint density at radius 3 is 2.36 bits per heavy atom. The van der Waals surface area contributed by atoms with Crippen molar-refractivity contribution >= 4 is 0 Å². The average molecular weight is 156 g/mol. The van der Waals surface area contributed by atoms with Crippen LogP contribution in [0, 0.1) is 5.92 Å². The minimum atomic E-state index is 0.332. The van der Waals surface area contributed by atoms with E-state index in [0.29, 0.717) is 5.60 Å². The van der Waals surface area contributed by atoms with E-state index >= 15 is 0 Å². The second kappa shape index (κ2) is 3.57. The van der Waals surface area contributed by atoms with Crippen LogP contribution in [0.5, 0.6) is 0 Å². The fourth-order valence-electron chi connectivity index (χ4n) is 1.46. The summed E-state index contributed by atoms with van der Waals surface area (Å²) in [5, 5.41) is 0. The Kier molecular flexibility index (Phi) is 2.94. The van der Waals surface area contributed by atoms with Gasteiger partial charge < -0.3 is 4.74 Å². The summed E-state index contributed by atoms with van der Waals surface area (Å²) in [6.45, 7) is 7.54. The normalized spacial score (nSPS) is 20.7. The van der Waals surface area contributed by atoms with E-state index in [1.807, 2.05) is 0 Å². The molecule has 1 nitrogen and oxygen atoms in total. The van der Waals surface area contributed by atoms with Gasteiger partial charge in [0.05, 0.1) is 5.60 Å². The Labute approximate surface area is 70.1 Å².